The quantitative estimate of drug-likeness (QED) is 0.645. The number of nitro benzene ring substituents is 1. The summed E-state index contributed by atoms with van der Waals surface area (Å²) in [5, 5.41) is 13.5. The topological polar surface area (TPSA) is 55.2 Å². The van der Waals surface area contributed by atoms with Gasteiger partial charge in [-0.05, 0) is 52.2 Å². The van der Waals surface area contributed by atoms with Gasteiger partial charge in [0.05, 0.1) is 9.40 Å². The third kappa shape index (κ3) is 3.55. The van der Waals surface area contributed by atoms with Crippen LogP contribution < -0.4 is 5.32 Å². The first-order valence-electron chi connectivity index (χ1n) is 6.01. The molecule has 110 valence electrons. The molecular formula is C14H11BrF2N2O2. The summed E-state index contributed by atoms with van der Waals surface area (Å²) in [4.78, 5) is 9.75. The first kappa shape index (κ1) is 15.4. The maximum Gasteiger partial charge on any atom is 0.304 e. The highest BCUT2D eigenvalue weighted by molar-refractivity contribution is 9.10. The van der Waals surface area contributed by atoms with Gasteiger partial charge in [0.15, 0.2) is 0 Å². The summed E-state index contributed by atoms with van der Waals surface area (Å²) in [7, 11) is 0. The Bertz CT molecular complexity index is 708. The van der Waals surface area contributed by atoms with E-state index in [-0.39, 0.29) is 6.54 Å². The molecule has 0 heterocycles. The lowest BCUT2D eigenvalue weighted by Crippen LogP contribution is -2.03. The fourth-order valence-electron chi connectivity index (χ4n) is 1.84. The molecule has 4 nitrogen and oxygen atoms in total. The highest BCUT2D eigenvalue weighted by atomic mass is 79.9. The van der Waals surface area contributed by atoms with Crippen LogP contribution in [-0.2, 0) is 6.54 Å². The Kier molecular flexibility index (Phi) is 4.52. The van der Waals surface area contributed by atoms with Gasteiger partial charge in [0, 0.05) is 18.3 Å². The fourth-order valence-corrected chi connectivity index (χ4v) is 2.30. The van der Waals surface area contributed by atoms with Crippen molar-refractivity contribution in [2.24, 2.45) is 0 Å². The number of nitrogens with one attached hydrogen (secondary N) is 1. The Hall–Kier alpha value is -2.02. The molecule has 0 amide bonds. The Morgan fingerprint density at radius 2 is 1.95 bits per heavy atom. The van der Waals surface area contributed by atoms with E-state index in [1.165, 1.54) is 12.1 Å². The van der Waals surface area contributed by atoms with Crippen LogP contribution in [0.1, 0.15) is 11.1 Å². The summed E-state index contributed by atoms with van der Waals surface area (Å²) in [5.41, 5.74) is 1.37. The minimum Gasteiger partial charge on any atom is -0.381 e. The molecule has 1 N–H and O–H groups in total. The molecule has 0 aromatic heterocycles. The summed E-state index contributed by atoms with van der Waals surface area (Å²) in [6, 6.07) is 6.63. The predicted octanol–water partition coefficient (Wildman–Crippen LogP) is 4.56. The Morgan fingerprint density at radius 1 is 1.24 bits per heavy atom. The molecule has 0 aliphatic heterocycles. The molecule has 0 saturated carbocycles. The Balaban J connectivity index is 2.15. The molecule has 2 aromatic carbocycles. The number of rotatable bonds is 4. The zero-order chi connectivity index (χ0) is 15.6. The summed E-state index contributed by atoms with van der Waals surface area (Å²) in [5.74, 6) is -1.30. The molecule has 0 radical (unpaired) electrons. The standard InChI is InChI=1S/C14H11BrF2N2O2/c1-8-4-10(15)11(16)6-13(8)18-7-9-2-3-14(19(20)21)12(17)5-9/h2-6,18H,7H2,1H3. The molecule has 7 heteroatoms. The number of halogens is 3. The van der Waals surface area contributed by atoms with Crippen LogP contribution >= 0.6 is 15.9 Å². The van der Waals surface area contributed by atoms with Crippen LogP contribution in [0.25, 0.3) is 0 Å². The zero-order valence-corrected chi connectivity index (χ0v) is 12.6. The van der Waals surface area contributed by atoms with Crippen LogP contribution in [-0.4, -0.2) is 4.92 Å². The monoisotopic (exact) mass is 356 g/mol. The van der Waals surface area contributed by atoms with Gasteiger partial charge < -0.3 is 5.32 Å². The molecule has 0 fully saturated rings. The van der Waals surface area contributed by atoms with E-state index in [9.17, 15) is 18.9 Å². The number of benzene rings is 2. The van der Waals surface area contributed by atoms with E-state index in [1.54, 1.807) is 6.07 Å². The van der Waals surface area contributed by atoms with Gasteiger partial charge in [0.25, 0.3) is 0 Å². The van der Waals surface area contributed by atoms with Crippen molar-refractivity contribution in [2.45, 2.75) is 13.5 Å². The molecule has 0 bridgehead atoms. The molecule has 2 aromatic rings. The SMILES string of the molecule is Cc1cc(Br)c(F)cc1NCc1ccc([N+](=O)[O-])c(F)c1. The van der Waals surface area contributed by atoms with Crippen molar-refractivity contribution in [1.82, 2.24) is 0 Å². The van der Waals surface area contributed by atoms with Crippen molar-refractivity contribution >= 4 is 27.3 Å². The van der Waals surface area contributed by atoms with E-state index in [0.29, 0.717) is 15.7 Å². The third-order valence-electron chi connectivity index (χ3n) is 2.96. The van der Waals surface area contributed by atoms with Crippen LogP contribution in [0.15, 0.2) is 34.8 Å². The van der Waals surface area contributed by atoms with E-state index in [0.717, 1.165) is 17.7 Å². The van der Waals surface area contributed by atoms with E-state index in [4.69, 9.17) is 0 Å². The van der Waals surface area contributed by atoms with Gasteiger partial charge >= 0.3 is 5.69 Å². The molecule has 0 unspecified atom stereocenters. The lowest BCUT2D eigenvalue weighted by Gasteiger charge is -2.11. The van der Waals surface area contributed by atoms with Gasteiger partial charge in [-0.25, -0.2) is 4.39 Å². The van der Waals surface area contributed by atoms with Crippen molar-refractivity contribution in [2.75, 3.05) is 5.32 Å². The largest absolute Gasteiger partial charge is 0.381 e. The molecule has 0 spiro atoms. The Morgan fingerprint density at radius 3 is 2.57 bits per heavy atom. The average molecular weight is 357 g/mol. The normalized spacial score (nSPS) is 10.5. The minimum absolute atomic E-state index is 0.233. The van der Waals surface area contributed by atoms with Crippen LogP contribution in [0.3, 0.4) is 0 Å². The Labute approximate surface area is 128 Å². The molecular weight excluding hydrogens is 346 g/mol. The lowest BCUT2D eigenvalue weighted by atomic mass is 10.1. The molecule has 0 aliphatic rings. The van der Waals surface area contributed by atoms with Crippen LogP contribution in [0.4, 0.5) is 20.2 Å². The maximum atomic E-state index is 13.5. The molecule has 0 atom stereocenters. The first-order valence-corrected chi connectivity index (χ1v) is 6.80. The molecule has 0 aliphatic carbocycles. The third-order valence-corrected chi connectivity index (χ3v) is 3.57. The second-order valence-corrected chi connectivity index (χ2v) is 5.33. The number of nitro groups is 1. The number of aryl methyl sites for hydroxylation is 1. The van der Waals surface area contributed by atoms with Crippen LogP contribution in [0.2, 0.25) is 0 Å². The second kappa shape index (κ2) is 6.17. The summed E-state index contributed by atoms with van der Waals surface area (Å²) >= 11 is 3.09. The first-order chi connectivity index (χ1) is 9.88. The molecule has 21 heavy (non-hydrogen) atoms. The second-order valence-electron chi connectivity index (χ2n) is 4.48. The van der Waals surface area contributed by atoms with E-state index in [2.05, 4.69) is 21.2 Å². The molecule has 2 rings (SSSR count). The van der Waals surface area contributed by atoms with Gasteiger partial charge in [-0.3, -0.25) is 10.1 Å². The zero-order valence-electron chi connectivity index (χ0n) is 11.0. The van der Waals surface area contributed by atoms with Crippen LogP contribution in [0, 0.1) is 28.7 Å². The predicted molar refractivity (Wildman–Crippen MR) is 79.2 cm³/mol. The number of nitrogens with zero attached hydrogens (tertiary/aromatic N) is 1. The smallest absolute Gasteiger partial charge is 0.304 e. The van der Waals surface area contributed by atoms with Crippen molar-refractivity contribution in [1.29, 1.82) is 0 Å². The van der Waals surface area contributed by atoms with Gasteiger partial charge in [0.2, 0.25) is 5.82 Å². The number of anilines is 1. The number of hydrogen-bond donors (Lipinski definition) is 1. The highest BCUT2D eigenvalue weighted by Gasteiger charge is 2.13. The maximum absolute atomic E-state index is 13.5. The van der Waals surface area contributed by atoms with Crippen LogP contribution in [0.5, 0.6) is 0 Å². The van der Waals surface area contributed by atoms with E-state index in [1.807, 2.05) is 6.92 Å². The summed E-state index contributed by atoms with van der Waals surface area (Å²) < 4.78 is 27.3. The molecule has 0 saturated heterocycles. The van der Waals surface area contributed by atoms with Crippen molar-refractivity contribution in [3.63, 3.8) is 0 Å². The van der Waals surface area contributed by atoms with Gasteiger partial charge in [0.1, 0.15) is 5.82 Å². The van der Waals surface area contributed by atoms with Crippen molar-refractivity contribution in [3.8, 4) is 0 Å². The highest BCUT2D eigenvalue weighted by Crippen LogP contribution is 2.25. The van der Waals surface area contributed by atoms with Gasteiger partial charge in [-0.2, -0.15) is 4.39 Å². The van der Waals surface area contributed by atoms with Crippen molar-refractivity contribution in [3.05, 3.63) is 67.7 Å². The van der Waals surface area contributed by atoms with Gasteiger partial charge in [-0.15, -0.1) is 0 Å². The lowest BCUT2D eigenvalue weighted by molar-refractivity contribution is -0.387. The van der Waals surface area contributed by atoms with Gasteiger partial charge in [-0.1, -0.05) is 6.07 Å². The summed E-state index contributed by atoms with van der Waals surface area (Å²) in [6.45, 7) is 2.04. The average Bonchev–Trinajstić information content (AvgIpc) is 2.41. The number of hydrogen-bond acceptors (Lipinski definition) is 3. The van der Waals surface area contributed by atoms with E-state index < -0.39 is 22.2 Å². The minimum atomic E-state index is -0.891. The fraction of sp³-hybridized carbons (Fsp3) is 0.143. The van der Waals surface area contributed by atoms with E-state index >= 15 is 0 Å². The van der Waals surface area contributed by atoms with Crippen molar-refractivity contribution < 1.29 is 13.7 Å². The summed E-state index contributed by atoms with van der Waals surface area (Å²) in [6.07, 6.45) is 0.